The van der Waals surface area contributed by atoms with E-state index in [-0.39, 0.29) is 5.82 Å². The fourth-order valence-electron chi connectivity index (χ4n) is 2.28. The average molecular weight is 254 g/mol. The molecule has 0 atom stereocenters. The van der Waals surface area contributed by atoms with Gasteiger partial charge in [-0.3, -0.25) is 0 Å². The van der Waals surface area contributed by atoms with E-state index in [0.29, 0.717) is 11.9 Å². The van der Waals surface area contributed by atoms with Crippen LogP contribution >= 0.6 is 11.6 Å². The van der Waals surface area contributed by atoms with Gasteiger partial charge in [-0.25, -0.2) is 4.39 Å². The Bertz CT molecular complexity index is 413. The van der Waals surface area contributed by atoms with Crippen LogP contribution in [0.1, 0.15) is 31.2 Å². The first-order valence-corrected chi connectivity index (χ1v) is 6.92. The maximum Gasteiger partial charge on any atom is 0.146 e. The van der Waals surface area contributed by atoms with Crippen molar-refractivity contribution in [1.82, 2.24) is 0 Å². The molecule has 1 aromatic carbocycles. The van der Waals surface area contributed by atoms with E-state index in [0.717, 1.165) is 23.7 Å². The maximum absolute atomic E-state index is 14.0. The first-order valence-electron chi connectivity index (χ1n) is 6.39. The second-order valence-electron chi connectivity index (χ2n) is 5.25. The second kappa shape index (κ2) is 4.49. The summed E-state index contributed by atoms with van der Waals surface area (Å²) in [6.45, 7) is 1.03. The highest BCUT2D eigenvalue weighted by Crippen LogP contribution is 2.38. The molecule has 2 aliphatic carbocycles. The van der Waals surface area contributed by atoms with Crippen molar-refractivity contribution >= 4 is 17.3 Å². The third-order valence-electron chi connectivity index (χ3n) is 3.62. The number of hydrogen-bond donors (Lipinski definition) is 0. The van der Waals surface area contributed by atoms with E-state index >= 15 is 0 Å². The smallest absolute Gasteiger partial charge is 0.146 e. The van der Waals surface area contributed by atoms with Crippen LogP contribution in [0.25, 0.3) is 0 Å². The number of benzene rings is 1. The molecule has 0 amide bonds. The van der Waals surface area contributed by atoms with Gasteiger partial charge in [-0.1, -0.05) is 6.07 Å². The molecule has 0 saturated heterocycles. The lowest BCUT2D eigenvalue weighted by Gasteiger charge is -2.25. The number of halogens is 2. The summed E-state index contributed by atoms with van der Waals surface area (Å²) >= 11 is 5.72. The van der Waals surface area contributed by atoms with Gasteiger partial charge in [0.2, 0.25) is 0 Å². The predicted molar refractivity (Wildman–Crippen MR) is 69.0 cm³/mol. The minimum Gasteiger partial charge on any atom is -0.366 e. The molecular weight excluding hydrogens is 237 g/mol. The molecular formula is C14H17ClFN. The van der Waals surface area contributed by atoms with Crippen LogP contribution in [-0.4, -0.2) is 12.6 Å². The quantitative estimate of drug-likeness (QED) is 0.719. The van der Waals surface area contributed by atoms with Gasteiger partial charge in [0, 0.05) is 18.5 Å². The maximum atomic E-state index is 14.0. The number of alkyl halides is 1. The minimum absolute atomic E-state index is 0.115. The molecule has 92 valence electrons. The van der Waals surface area contributed by atoms with E-state index in [1.165, 1.54) is 25.7 Å². The van der Waals surface area contributed by atoms with Gasteiger partial charge in [0.05, 0.1) is 5.69 Å². The van der Waals surface area contributed by atoms with Gasteiger partial charge in [-0.2, -0.15) is 0 Å². The van der Waals surface area contributed by atoms with Gasteiger partial charge in [0.25, 0.3) is 0 Å². The SMILES string of the molecule is Fc1cc(CCl)ccc1N(CC1CC1)C1CC1. The molecule has 0 radical (unpaired) electrons. The molecule has 3 heteroatoms. The van der Waals surface area contributed by atoms with Crippen molar-refractivity contribution in [2.75, 3.05) is 11.4 Å². The van der Waals surface area contributed by atoms with Gasteiger partial charge in [-0.15, -0.1) is 11.6 Å². The van der Waals surface area contributed by atoms with Crippen molar-refractivity contribution in [3.63, 3.8) is 0 Å². The van der Waals surface area contributed by atoms with Crippen molar-refractivity contribution in [2.24, 2.45) is 5.92 Å². The number of hydrogen-bond acceptors (Lipinski definition) is 1. The molecule has 2 fully saturated rings. The summed E-state index contributed by atoms with van der Waals surface area (Å²) in [5.74, 6) is 1.06. The molecule has 0 bridgehead atoms. The highest BCUT2D eigenvalue weighted by atomic mass is 35.5. The Kier molecular flexibility index (Phi) is 2.99. The largest absolute Gasteiger partial charge is 0.366 e. The lowest BCUT2D eigenvalue weighted by atomic mass is 10.2. The lowest BCUT2D eigenvalue weighted by molar-refractivity contribution is 0.608. The molecule has 17 heavy (non-hydrogen) atoms. The molecule has 2 saturated carbocycles. The summed E-state index contributed by atoms with van der Waals surface area (Å²) in [6, 6.07) is 5.98. The van der Waals surface area contributed by atoms with Crippen molar-refractivity contribution in [3.05, 3.63) is 29.6 Å². The van der Waals surface area contributed by atoms with Crippen LogP contribution in [0.2, 0.25) is 0 Å². The summed E-state index contributed by atoms with van der Waals surface area (Å²) in [7, 11) is 0. The fourth-order valence-corrected chi connectivity index (χ4v) is 2.44. The third kappa shape index (κ3) is 2.57. The molecule has 2 aliphatic rings. The first kappa shape index (κ1) is 11.3. The molecule has 1 aromatic rings. The van der Waals surface area contributed by atoms with Crippen molar-refractivity contribution in [1.29, 1.82) is 0 Å². The molecule has 0 unspecified atom stereocenters. The summed E-state index contributed by atoms with van der Waals surface area (Å²) in [5, 5.41) is 0. The number of rotatable bonds is 5. The predicted octanol–water partition coefficient (Wildman–Crippen LogP) is 3.94. The second-order valence-corrected chi connectivity index (χ2v) is 5.51. The van der Waals surface area contributed by atoms with Crippen LogP contribution in [-0.2, 0) is 5.88 Å². The zero-order valence-corrected chi connectivity index (χ0v) is 10.6. The van der Waals surface area contributed by atoms with Crippen molar-refractivity contribution in [3.8, 4) is 0 Å². The molecule has 0 heterocycles. The average Bonchev–Trinajstić information content (AvgIpc) is 3.18. The molecule has 0 aliphatic heterocycles. The molecule has 1 nitrogen and oxygen atoms in total. The van der Waals surface area contributed by atoms with Crippen molar-refractivity contribution in [2.45, 2.75) is 37.6 Å². The van der Waals surface area contributed by atoms with E-state index < -0.39 is 0 Å². The Morgan fingerprint density at radius 1 is 1.24 bits per heavy atom. The lowest BCUT2D eigenvalue weighted by Crippen LogP contribution is -2.28. The standard InChI is InChI=1S/C14H17ClFN/c15-8-11-3-6-14(13(16)7-11)17(12-4-5-12)9-10-1-2-10/h3,6-7,10,12H,1-2,4-5,8-9H2. The highest BCUT2D eigenvalue weighted by molar-refractivity contribution is 6.17. The van der Waals surface area contributed by atoms with Crippen LogP contribution in [0.3, 0.4) is 0 Å². The normalized spacial score (nSPS) is 19.4. The van der Waals surface area contributed by atoms with Crippen LogP contribution in [0.5, 0.6) is 0 Å². The monoisotopic (exact) mass is 253 g/mol. The van der Waals surface area contributed by atoms with Crippen LogP contribution in [0.4, 0.5) is 10.1 Å². The minimum atomic E-state index is -0.115. The van der Waals surface area contributed by atoms with Crippen LogP contribution in [0.15, 0.2) is 18.2 Å². The third-order valence-corrected chi connectivity index (χ3v) is 3.92. The number of anilines is 1. The Morgan fingerprint density at radius 2 is 2.00 bits per heavy atom. The van der Waals surface area contributed by atoms with E-state index in [9.17, 15) is 4.39 Å². The van der Waals surface area contributed by atoms with Crippen LogP contribution in [0, 0.1) is 11.7 Å². The van der Waals surface area contributed by atoms with E-state index in [4.69, 9.17) is 11.6 Å². The Hall–Kier alpha value is -0.760. The van der Waals surface area contributed by atoms with Crippen molar-refractivity contribution < 1.29 is 4.39 Å². The van der Waals surface area contributed by atoms with E-state index in [1.54, 1.807) is 6.07 Å². The zero-order chi connectivity index (χ0) is 11.8. The van der Waals surface area contributed by atoms with Gasteiger partial charge in [-0.05, 0) is 49.3 Å². The zero-order valence-electron chi connectivity index (χ0n) is 9.83. The Labute approximate surface area is 107 Å². The molecule has 0 aromatic heterocycles. The summed E-state index contributed by atoms with van der Waals surface area (Å²) in [6.07, 6.45) is 5.04. The molecule has 0 N–H and O–H groups in total. The van der Waals surface area contributed by atoms with E-state index in [2.05, 4.69) is 4.90 Å². The summed E-state index contributed by atoms with van der Waals surface area (Å²) in [5.41, 5.74) is 1.63. The molecule has 0 spiro atoms. The van der Waals surface area contributed by atoms with Gasteiger partial charge in [0.1, 0.15) is 5.82 Å². The summed E-state index contributed by atoms with van der Waals surface area (Å²) in [4.78, 5) is 2.27. The Balaban J connectivity index is 1.83. The topological polar surface area (TPSA) is 3.24 Å². The fraction of sp³-hybridized carbons (Fsp3) is 0.571. The van der Waals surface area contributed by atoms with Gasteiger partial charge >= 0.3 is 0 Å². The van der Waals surface area contributed by atoms with E-state index in [1.807, 2.05) is 12.1 Å². The first-order chi connectivity index (χ1) is 8.28. The Morgan fingerprint density at radius 3 is 2.53 bits per heavy atom. The van der Waals surface area contributed by atoms with Gasteiger partial charge in [0.15, 0.2) is 0 Å². The molecule has 3 rings (SSSR count). The van der Waals surface area contributed by atoms with Gasteiger partial charge < -0.3 is 4.90 Å². The van der Waals surface area contributed by atoms with Crippen LogP contribution < -0.4 is 4.90 Å². The summed E-state index contributed by atoms with van der Waals surface area (Å²) < 4.78 is 14.0. The highest BCUT2D eigenvalue weighted by Gasteiger charge is 2.34. The number of nitrogens with zero attached hydrogens (tertiary/aromatic N) is 1.